The van der Waals surface area contributed by atoms with Crippen molar-refractivity contribution < 1.29 is 4.42 Å². The summed E-state index contributed by atoms with van der Waals surface area (Å²) in [5.74, 6) is 0.995. The lowest BCUT2D eigenvalue weighted by molar-refractivity contribution is 0.322. The maximum absolute atomic E-state index is 5.28. The van der Waals surface area contributed by atoms with Crippen LogP contribution < -0.4 is 5.32 Å². The van der Waals surface area contributed by atoms with Crippen molar-refractivity contribution in [2.45, 2.75) is 32.4 Å². The number of nitrogens with zero attached hydrogens (tertiary/aromatic N) is 1. The summed E-state index contributed by atoms with van der Waals surface area (Å²) in [4.78, 5) is 2.32. The lowest BCUT2D eigenvalue weighted by Gasteiger charge is -2.15. The molecule has 1 saturated carbocycles. The fraction of sp³-hybridized carbons (Fsp3) is 0.667. The number of furan rings is 1. The van der Waals surface area contributed by atoms with Crippen molar-refractivity contribution in [2.24, 2.45) is 0 Å². The van der Waals surface area contributed by atoms with Gasteiger partial charge in [-0.15, -0.1) is 0 Å². The summed E-state index contributed by atoms with van der Waals surface area (Å²) >= 11 is 0. The van der Waals surface area contributed by atoms with Gasteiger partial charge >= 0.3 is 0 Å². The van der Waals surface area contributed by atoms with Crippen LogP contribution in [0.3, 0.4) is 0 Å². The van der Waals surface area contributed by atoms with E-state index in [2.05, 4.69) is 23.3 Å². The minimum atomic E-state index is 0.814. The smallest absolute Gasteiger partial charge is 0.101 e. The molecule has 1 fully saturated rings. The molecule has 0 aromatic carbocycles. The first-order valence-corrected chi connectivity index (χ1v) is 5.70. The van der Waals surface area contributed by atoms with Gasteiger partial charge in [0.25, 0.3) is 0 Å². The molecule has 15 heavy (non-hydrogen) atoms. The van der Waals surface area contributed by atoms with E-state index in [9.17, 15) is 0 Å². The summed E-state index contributed by atoms with van der Waals surface area (Å²) in [6, 6.07) is 2.92. The van der Waals surface area contributed by atoms with Crippen LogP contribution in [-0.4, -0.2) is 31.1 Å². The summed E-state index contributed by atoms with van der Waals surface area (Å²) in [6.45, 7) is 5.15. The molecule has 1 heterocycles. The Kier molecular flexibility index (Phi) is 3.44. The first kappa shape index (κ1) is 10.7. The molecule has 0 unspecified atom stereocenters. The summed E-state index contributed by atoms with van der Waals surface area (Å²) in [6.07, 6.45) is 4.58. The van der Waals surface area contributed by atoms with Crippen molar-refractivity contribution in [3.8, 4) is 0 Å². The Hall–Kier alpha value is -0.800. The second-order valence-corrected chi connectivity index (χ2v) is 4.53. The van der Waals surface area contributed by atoms with Crippen molar-refractivity contribution in [1.82, 2.24) is 10.2 Å². The average Bonchev–Trinajstić information content (AvgIpc) is 2.91. The first-order valence-electron chi connectivity index (χ1n) is 5.70. The molecule has 0 atom stereocenters. The standard InChI is InChI=1S/C12H20N2O/c1-10-7-11(9-15-10)8-14(2)6-5-13-12-3-4-12/h7,9,12-13H,3-6,8H2,1-2H3. The Morgan fingerprint density at radius 3 is 2.93 bits per heavy atom. The summed E-state index contributed by atoms with van der Waals surface area (Å²) in [7, 11) is 2.15. The molecule has 3 heteroatoms. The van der Waals surface area contributed by atoms with Crippen LogP contribution in [0.4, 0.5) is 0 Å². The van der Waals surface area contributed by atoms with Gasteiger partial charge in [0.1, 0.15) is 5.76 Å². The molecule has 0 radical (unpaired) electrons. The normalized spacial score (nSPS) is 16.2. The van der Waals surface area contributed by atoms with E-state index >= 15 is 0 Å². The van der Waals surface area contributed by atoms with Gasteiger partial charge in [-0.2, -0.15) is 0 Å². The van der Waals surface area contributed by atoms with E-state index in [0.717, 1.165) is 31.4 Å². The Morgan fingerprint density at radius 1 is 1.53 bits per heavy atom. The third-order valence-corrected chi connectivity index (χ3v) is 2.74. The van der Waals surface area contributed by atoms with E-state index in [1.54, 1.807) is 0 Å². The van der Waals surface area contributed by atoms with Gasteiger partial charge in [-0.05, 0) is 32.9 Å². The Labute approximate surface area is 91.4 Å². The van der Waals surface area contributed by atoms with Crippen molar-refractivity contribution in [3.63, 3.8) is 0 Å². The van der Waals surface area contributed by atoms with E-state index in [0.29, 0.717) is 0 Å². The predicted octanol–water partition coefficient (Wildman–Crippen LogP) is 1.77. The van der Waals surface area contributed by atoms with Gasteiger partial charge in [0.15, 0.2) is 0 Å². The van der Waals surface area contributed by atoms with Crippen LogP contribution >= 0.6 is 0 Å². The van der Waals surface area contributed by atoms with E-state index in [-0.39, 0.29) is 0 Å². The largest absolute Gasteiger partial charge is 0.469 e. The van der Waals surface area contributed by atoms with Gasteiger partial charge in [-0.25, -0.2) is 0 Å². The monoisotopic (exact) mass is 208 g/mol. The lowest BCUT2D eigenvalue weighted by atomic mass is 10.3. The van der Waals surface area contributed by atoms with Gasteiger partial charge in [0.2, 0.25) is 0 Å². The number of hydrogen-bond donors (Lipinski definition) is 1. The van der Waals surface area contributed by atoms with E-state index in [1.807, 2.05) is 13.2 Å². The number of likely N-dealkylation sites (N-methyl/N-ethyl adjacent to an activating group) is 1. The predicted molar refractivity (Wildman–Crippen MR) is 60.8 cm³/mol. The molecule has 0 bridgehead atoms. The van der Waals surface area contributed by atoms with Crippen LogP contribution in [0.25, 0.3) is 0 Å². The molecule has 0 aliphatic heterocycles. The molecular formula is C12H20N2O. The summed E-state index contributed by atoms with van der Waals surface area (Å²) in [5.41, 5.74) is 1.27. The molecule has 0 saturated heterocycles. The van der Waals surface area contributed by atoms with Crippen LogP contribution in [-0.2, 0) is 6.54 Å². The highest BCUT2D eigenvalue weighted by Crippen LogP contribution is 2.18. The molecule has 1 aromatic rings. The molecule has 1 aliphatic carbocycles. The zero-order valence-electron chi connectivity index (χ0n) is 9.62. The van der Waals surface area contributed by atoms with Crippen molar-refractivity contribution in [3.05, 3.63) is 23.7 Å². The van der Waals surface area contributed by atoms with Crippen LogP contribution in [0.5, 0.6) is 0 Å². The molecule has 1 aromatic heterocycles. The highest BCUT2D eigenvalue weighted by atomic mass is 16.3. The van der Waals surface area contributed by atoms with Gasteiger partial charge in [-0.1, -0.05) is 0 Å². The Bertz CT molecular complexity index is 304. The first-order chi connectivity index (χ1) is 7.24. The second kappa shape index (κ2) is 4.81. The molecule has 1 N–H and O–H groups in total. The van der Waals surface area contributed by atoms with Crippen molar-refractivity contribution >= 4 is 0 Å². The molecular weight excluding hydrogens is 188 g/mol. The Balaban J connectivity index is 1.64. The Morgan fingerprint density at radius 2 is 2.33 bits per heavy atom. The van der Waals surface area contributed by atoms with Crippen molar-refractivity contribution in [2.75, 3.05) is 20.1 Å². The molecule has 1 aliphatic rings. The molecule has 2 rings (SSSR count). The third-order valence-electron chi connectivity index (χ3n) is 2.74. The average molecular weight is 208 g/mol. The lowest BCUT2D eigenvalue weighted by Crippen LogP contribution is -2.29. The minimum absolute atomic E-state index is 0.814. The number of aryl methyl sites for hydroxylation is 1. The van der Waals surface area contributed by atoms with Crippen LogP contribution in [0.15, 0.2) is 16.7 Å². The maximum Gasteiger partial charge on any atom is 0.101 e. The van der Waals surface area contributed by atoms with Crippen LogP contribution in [0.1, 0.15) is 24.2 Å². The molecule has 3 nitrogen and oxygen atoms in total. The van der Waals surface area contributed by atoms with Gasteiger partial charge in [0, 0.05) is 31.2 Å². The highest BCUT2D eigenvalue weighted by molar-refractivity contribution is 5.11. The van der Waals surface area contributed by atoms with E-state index in [1.165, 1.54) is 18.4 Å². The van der Waals surface area contributed by atoms with Gasteiger partial charge < -0.3 is 14.6 Å². The zero-order chi connectivity index (χ0) is 10.7. The van der Waals surface area contributed by atoms with E-state index < -0.39 is 0 Å². The van der Waals surface area contributed by atoms with Crippen LogP contribution in [0.2, 0.25) is 0 Å². The second-order valence-electron chi connectivity index (χ2n) is 4.53. The number of rotatable bonds is 6. The summed E-state index contributed by atoms with van der Waals surface area (Å²) < 4.78 is 5.28. The SMILES string of the molecule is Cc1cc(CN(C)CCNC2CC2)co1. The number of hydrogen-bond acceptors (Lipinski definition) is 3. The molecule has 0 amide bonds. The molecule has 84 valence electrons. The fourth-order valence-corrected chi connectivity index (χ4v) is 1.72. The highest BCUT2D eigenvalue weighted by Gasteiger charge is 2.19. The quantitative estimate of drug-likeness (QED) is 0.772. The minimum Gasteiger partial charge on any atom is -0.469 e. The summed E-state index contributed by atoms with van der Waals surface area (Å²) in [5, 5.41) is 3.51. The van der Waals surface area contributed by atoms with Gasteiger partial charge in [0.05, 0.1) is 6.26 Å². The topological polar surface area (TPSA) is 28.4 Å². The van der Waals surface area contributed by atoms with Crippen molar-refractivity contribution in [1.29, 1.82) is 0 Å². The fourth-order valence-electron chi connectivity index (χ4n) is 1.72. The van der Waals surface area contributed by atoms with Crippen LogP contribution in [0, 0.1) is 6.92 Å². The maximum atomic E-state index is 5.28. The molecule has 0 spiro atoms. The zero-order valence-corrected chi connectivity index (χ0v) is 9.62. The van der Waals surface area contributed by atoms with Gasteiger partial charge in [-0.3, -0.25) is 0 Å². The van der Waals surface area contributed by atoms with E-state index in [4.69, 9.17) is 4.42 Å². The third kappa shape index (κ3) is 3.68. The number of nitrogens with one attached hydrogen (secondary N) is 1.